The van der Waals surface area contributed by atoms with Crippen molar-refractivity contribution in [3.8, 4) is 0 Å². The Morgan fingerprint density at radius 3 is 2.58 bits per heavy atom. The lowest BCUT2D eigenvalue weighted by atomic mass is 10.2. The molecule has 0 radical (unpaired) electrons. The van der Waals surface area contributed by atoms with Gasteiger partial charge in [-0.05, 0) is 28.6 Å². The Labute approximate surface area is 140 Å². The smallest absolute Gasteiger partial charge is 0.351 e. The molecule has 3 heterocycles. The van der Waals surface area contributed by atoms with Crippen LogP contribution >= 0.6 is 12.4 Å². The van der Waals surface area contributed by atoms with Crippen LogP contribution in [0.25, 0.3) is 16.7 Å². The van der Waals surface area contributed by atoms with Gasteiger partial charge in [-0.3, -0.25) is 0 Å². The maximum Gasteiger partial charge on any atom is 0.416 e. The van der Waals surface area contributed by atoms with Gasteiger partial charge in [-0.1, -0.05) is 0 Å². The van der Waals surface area contributed by atoms with Crippen molar-refractivity contribution in [1.82, 2.24) is 30.3 Å². The van der Waals surface area contributed by atoms with Crippen LogP contribution in [0.3, 0.4) is 0 Å². The predicted octanol–water partition coefficient (Wildman–Crippen LogP) is 1.52. The van der Waals surface area contributed by atoms with Crippen molar-refractivity contribution in [2.45, 2.75) is 6.18 Å². The zero-order chi connectivity index (χ0) is 16.0. The molecule has 0 saturated carbocycles. The highest BCUT2D eigenvalue weighted by Crippen LogP contribution is 2.32. The molecule has 128 valence electrons. The standard InChI is InChI=1S/C13H12F3N7.ClH/c14-13(15,16)8-1-2-9-10(7-8)23-12(19-20-21-23)11(18-9)22-5-3-17-4-6-22;/h1-2,7,17H,3-6H2;1H. The number of fused-ring (bicyclic) bond motifs is 3. The second-order valence-corrected chi connectivity index (χ2v) is 5.29. The van der Waals surface area contributed by atoms with Crippen molar-refractivity contribution in [2.75, 3.05) is 31.1 Å². The fraction of sp³-hybridized carbons (Fsp3) is 0.385. The van der Waals surface area contributed by atoms with Gasteiger partial charge >= 0.3 is 6.18 Å². The van der Waals surface area contributed by atoms with Gasteiger partial charge in [0.15, 0.2) is 5.82 Å². The van der Waals surface area contributed by atoms with Crippen LogP contribution in [-0.2, 0) is 6.18 Å². The van der Waals surface area contributed by atoms with Gasteiger partial charge in [-0.25, -0.2) is 4.98 Å². The van der Waals surface area contributed by atoms with Crippen LogP contribution < -0.4 is 10.2 Å². The summed E-state index contributed by atoms with van der Waals surface area (Å²) in [6.07, 6.45) is -4.42. The molecule has 0 spiro atoms. The van der Waals surface area contributed by atoms with E-state index >= 15 is 0 Å². The third-order valence-electron chi connectivity index (χ3n) is 3.84. The molecule has 1 N–H and O–H groups in total. The topological polar surface area (TPSA) is 71.2 Å². The Bertz CT molecular complexity index is 873. The first-order chi connectivity index (χ1) is 11.0. The van der Waals surface area contributed by atoms with Gasteiger partial charge in [0, 0.05) is 26.2 Å². The number of nitrogens with zero attached hydrogens (tertiary/aromatic N) is 6. The van der Waals surface area contributed by atoms with E-state index < -0.39 is 11.7 Å². The molecular weight excluding hydrogens is 347 g/mol. The molecule has 1 aromatic carbocycles. The molecule has 1 aliphatic heterocycles. The maximum absolute atomic E-state index is 12.9. The molecule has 1 saturated heterocycles. The molecule has 1 fully saturated rings. The summed E-state index contributed by atoms with van der Waals surface area (Å²) in [5.41, 5.74) is 0.266. The third-order valence-corrected chi connectivity index (χ3v) is 3.84. The summed E-state index contributed by atoms with van der Waals surface area (Å²) in [6.45, 7) is 3.09. The number of rotatable bonds is 1. The molecule has 0 bridgehead atoms. The van der Waals surface area contributed by atoms with E-state index in [0.717, 1.165) is 38.3 Å². The van der Waals surface area contributed by atoms with Crippen molar-refractivity contribution in [2.24, 2.45) is 0 Å². The number of piperazine rings is 1. The number of alkyl halides is 3. The van der Waals surface area contributed by atoms with Gasteiger partial charge in [0.2, 0.25) is 5.65 Å². The van der Waals surface area contributed by atoms with Gasteiger partial charge in [-0.2, -0.15) is 17.7 Å². The summed E-state index contributed by atoms with van der Waals surface area (Å²) < 4.78 is 40.1. The first-order valence-electron chi connectivity index (χ1n) is 7.09. The number of tetrazole rings is 1. The van der Waals surface area contributed by atoms with E-state index in [9.17, 15) is 13.2 Å². The quantitative estimate of drug-likeness (QED) is 0.710. The van der Waals surface area contributed by atoms with E-state index in [1.54, 1.807) is 0 Å². The first kappa shape index (κ1) is 16.7. The van der Waals surface area contributed by atoms with Crippen LogP contribution in [0.1, 0.15) is 5.56 Å². The number of hydrogen-bond donors (Lipinski definition) is 1. The van der Waals surface area contributed by atoms with E-state index in [0.29, 0.717) is 17.0 Å². The molecule has 24 heavy (non-hydrogen) atoms. The summed E-state index contributed by atoms with van der Waals surface area (Å²) in [5, 5.41) is 14.6. The number of halogens is 4. The van der Waals surface area contributed by atoms with E-state index in [1.165, 1.54) is 10.6 Å². The van der Waals surface area contributed by atoms with Gasteiger partial charge in [0.1, 0.15) is 0 Å². The highest BCUT2D eigenvalue weighted by Gasteiger charge is 2.31. The minimum atomic E-state index is -4.42. The monoisotopic (exact) mass is 359 g/mol. The summed E-state index contributed by atoms with van der Waals surface area (Å²) in [6, 6.07) is 3.39. The van der Waals surface area contributed by atoms with Gasteiger partial charge in [0.05, 0.1) is 16.6 Å². The summed E-state index contributed by atoms with van der Waals surface area (Å²) in [4.78, 5) is 6.52. The van der Waals surface area contributed by atoms with Crippen molar-refractivity contribution < 1.29 is 13.2 Å². The lowest BCUT2D eigenvalue weighted by Gasteiger charge is -2.28. The van der Waals surface area contributed by atoms with Crippen molar-refractivity contribution in [3.05, 3.63) is 23.8 Å². The van der Waals surface area contributed by atoms with E-state index in [2.05, 4.69) is 25.8 Å². The SMILES string of the molecule is Cl.FC(F)(F)c1ccc2nc(N3CCNCC3)c3nnnn3c2c1. The highest BCUT2D eigenvalue weighted by atomic mass is 35.5. The van der Waals surface area contributed by atoms with E-state index in [1.807, 2.05) is 4.90 Å². The number of nitrogens with one attached hydrogen (secondary N) is 1. The van der Waals surface area contributed by atoms with Crippen LogP contribution in [0.2, 0.25) is 0 Å². The zero-order valence-electron chi connectivity index (χ0n) is 12.3. The minimum absolute atomic E-state index is 0. The fourth-order valence-electron chi connectivity index (χ4n) is 2.71. The Morgan fingerprint density at radius 1 is 1.12 bits per heavy atom. The zero-order valence-corrected chi connectivity index (χ0v) is 13.1. The van der Waals surface area contributed by atoms with Gasteiger partial charge in [0.25, 0.3) is 0 Å². The fourth-order valence-corrected chi connectivity index (χ4v) is 2.71. The van der Waals surface area contributed by atoms with Gasteiger partial charge < -0.3 is 10.2 Å². The van der Waals surface area contributed by atoms with Crippen LogP contribution in [0.4, 0.5) is 19.0 Å². The van der Waals surface area contributed by atoms with Crippen LogP contribution in [0.5, 0.6) is 0 Å². The molecule has 0 amide bonds. The molecule has 3 aromatic rings. The normalized spacial score (nSPS) is 15.7. The number of benzene rings is 1. The first-order valence-corrected chi connectivity index (χ1v) is 7.09. The summed E-state index contributed by atoms with van der Waals surface area (Å²) >= 11 is 0. The van der Waals surface area contributed by atoms with Crippen molar-refractivity contribution in [1.29, 1.82) is 0 Å². The lowest BCUT2D eigenvalue weighted by Crippen LogP contribution is -2.44. The van der Waals surface area contributed by atoms with Gasteiger partial charge in [-0.15, -0.1) is 17.5 Å². The summed E-state index contributed by atoms with van der Waals surface area (Å²) in [5.74, 6) is 0.587. The minimum Gasteiger partial charge on any atom is -0.351 e. The van der Waals surface area contributed by atoms with Crippen LogP contribution in [0.15, 0.2) is 18.2 Å². The molecule has 0 aliphatic carbocycles. The number of aromatic nitrogens is 5. The average Bonchev–Trinajstić information content (AvgIpc) is 3.03. The highest BCUT2D eigenvalue weighted by molar-refractivity contribution is 5.85. The van der Waals surface area contributed by atoms with Crippen LogP contribution in [-0.4, -0.2) is 51.2 Å². The van der Waals surface area contributed by atoms with E-state index in [4.69, 9.17) is 0 Å². The molecule has 2 aromatic heterocycles. The third kappa shape index (κ3) is 2.71. The predicted molar refractivity (Wildman–Crippen MR) is 83.4 cm³/mol. The molecule has 7 nitrogen and oxygen atoms in total. The second-order valence-electron chi connectivity index (χ2n) is 5.29. The Morgan fingerprint density at radius 2 is 1.88 bits per heavy atom. The maximum atomic E-state index is 12.9. The molecular formula is C13H13ClF3N7. The molecule has 11 heteroatoms. The lowest BCUT2D eigenvalue weighted by molar-refractivity contribution is -0.137. The second kappa shape index (κ2) is 6.02. The molecule has 0 atom stereocenters. The summed E-state index contributed by atoms with van der Waals surface area (Å²) in [7, 11) is 0. The van der Waals surface area contributed by atoms with Crippen molar-refractivity contribution in [3.63, 3.8) is 0 Å². The molecule has 4 rings (SSSR count). The molecule has 1 aliphatic rings. The Kier molecular flexibility index (Phi) is 4.18. The van der Waals surface area contributed by atoms with Crippen molar-refractivity contribution >= 4 is 34.9 Å². The number of anilines is 1. The number of hydrogen-bond acceptors (Lipinski definition) is 6. The largest absolute Gasteiger partial charge is 0.416 e. The Hall–Kier alpha value is -2.20. The van der Waals surface area contributed by atoms with E-state index in [-0.39, 0.29) is 17.9 Å². The molecule has 0 unspecified atom stereocenters. The van der Waals surface area contributed by atoms with Crippen LogP contribution in [0, 0.1) is 0 Å². The average molecular weight is 360 g/mol. The Balaban J connectivity index is 0.00000169.